The van der Waals surface area contributed by atoms with E-state index in [-0.39, 0.29) is 0 Å². The smallest absolute Gasteiger partial charge is 0.291 e. The largest absolute Gasteiger partial charge is 0.327 e. The highest BCUT2D eigenvalue weighted by atomic mass is 127. The standard InChI is InChI=1S/C13H9BrIN3O2/c14-9-6-10(15)11(16-7-9)17-13(20)18-12(19)8-4-2-1-3-5-8/h1-7H,(H2,16,17,18,19,20). The van der Waals surface area contributed by atoms with Crippen LogP contribution in [0.4, 0.5) is 10.6 Å². The average molecular weight is 446 g/mol. The Bertz CT molecular complexity index is 649. The average Bonchev–Trinajstić information content (AvgIpc) is 2.43. The van der Waals surface area contributed by atoms with Gasteiger partial charge in [0.1, 0.15) is 5.82 Å². The van der Waals surface area contributed by atoms with Gasteiger partial charge in [0, 0.05) is 16.2 Å². The van der Waals surface area contributed by atoms with Gasteiger partial charge in [-0.05, 0) is 56.7 Å². The number of nitrogens with one attached hydrogen (secondary N) is 2. The van der Waals surface area contributed by atoms with E-state index >= 15 is 0 Å². The first-order valence-corrected chi connectivity index (χ1v) is 7.42. The normalized spacial score (nSPS) is 9.90. The van der Waals surface area contributed by atoms with Crippen LogP contribution in [-0.4, -0.2) is 16.9 Å². The van der Waals surface area contributed by atoms with Gasteiger partial charge in [0.2, 0.25) is 0 Å². The molecule has 2 aromatic rings. The molecule has 0 saturated heterocycles. The number of pyridine rings is 1. The summed E-state index contributed by atoms with van der Waals surface area (Å²) >= 11 is 5.33. The van der Waals surface area contributed by atoms with Gasteiger partial charge in [-0.25, -0.2) is 9.78 Å². The van der Waals surface area contributed by atoms with E-state index in [0.717, 1.165) is 8.04 Å². The minimum absolute atomic E-state index is 0.396. The molecule has 0 spiro atoms. The minimum Gasteiger partial charge on any atom is -0.291 e. The zero-order valence-electron chi connectivity index (χ0n) is 10.1. The van der Waals surface area contributed by atoms with E-state index in [0.29, 0.717) is 11.4 Å². The van der Waals surface area contributed by atoms with Crippen LogP contribution in [0.1, 0.15) is 10.4 Å². The predicted octanol–water partition coefficient (Wildman–Crippen LogP) is 3.41. The number of nitrogens with zero attached hydrogens (tertiary/aromatic N) is 1. The van der Waals surface area contributed by atoms with E-state index in [9.17, 15) is 9.59 Å². The molecule has 0 bridgehead atoms. The number of benzene rings is 1. The first-order valence-electron chi connectivity index (χ1n) is 5.54. The van der Waals surface area contributed by atoms with Crippen molar-refractivity contribution in [1.29, 1.82) is 0 Å². The highest BCUT2D eigenvalue weighted by molar-refractivity contribution is 14.1. The van der Waals surface area contributed by atoms with Crippen LogP contribution >= 0.6 is 38.5 Å². The van der Waals surface area contributed by atoms with Gasteiger partial charge in [-0.2, -0.15) is 0 Å². The summed E-state index contributed by atoms with van der Waals surface area (Å²) < 4.78 is 1.58. The van der Waals surface area contributed by atoms with Crippen molar-refractivity contribution < 1.29 is 9.59 Å². The molecule has 2 N–H and O–H groups in total. The molecule has 1 heterocycles. The summed E-state index contributed by atoms with van der Waals surface area (Å²) in [6.45, 7) is 0. The second kappa shape index (κ2) is 6.80. The highest BCUT2D eigenvalue weighted by Gasteiger charge is 2.11. The molecule has 0 atom stereocenters. The van der Waals surface area contributed by atoms with Gasteiger partial charge in [0.15, 0.2) is 0 Å². The van der Waals surface area contributed by atoms with E-state index in [1.165, 1.54) is 0 Å². The second-order valence-electron chi connectivity index (χ2n) is 3.76. The SMILES string of the molecule is O=C(NC(=O)c1ccccc1)Nc1ncc(Br)cc1I. The lowest BCUT2D eigenvalue weighted by molar-refractivity contribution is 0.0967. The molecule has 0 unspecified atom stereocenters. The summed E-state index contributed by atoms with van der Waals surface area (Å²) in [5, 5.41) is 4.77. The topological polar surface area (TPSA) is 71.1 Å². The molecule has 20 heavy (non-hydrogen) atoms. The van der Waals surface area contributed by atoms with Crippen molar-refractivity contribution in [3.8, 4) is 0 Å². The number of carbonyl (C=O) groups is 2. The molecule has 0 fully saturated rings. The molecule has 3 amide bonds. The molecule has 5 nitrogen and oxygen atoms in total. The molecule has 0 aliphatic heterocycles. The Labute approximate surface area is 137 Å². The van der Waals surface area contributed by atoms with Crippen LogP contribution in [-0.2, 0) is 0 Å². The number of hydrogen-bond acceptors (Lipinski definition) is 3. The second-order valence-corrected chi connectivity index (χ2v) is 5.84. The fourth-order valence-corrected chi connectivity index (χ4v) is 2.78. The lowest BCUT2D eigenvalue weighted by Gasteiger charge is -2.07. The van der Waals surface area contributed by atoms with Gasteiger partial charge in [-0.15, -0.1) is 0 Å². The number of rotatable bonds is 2. The monoisotopic (exact) mass is 445 g/mol. The van der Waals surface area contributed by atoms with Crippen molar-refractivity contribution in [2.24, 2.45) is 0 Å². The summed E-state index contributed by atoms with van der Waals surface area (Å²) in [6.07, 6.45) is 1.57. The quantitative estimate of drug-likeness (QED) is 0.696. The van der Waals surface area contributed by atoms with E-state index in [1.807, 2.05) is 28.7 Å². The van der Waals surface area contributed by atoms with E-state index in [4.69, 9.17) is 0 Å². The Morgan fingerprint density at radius 2 is 1.90 bits per heavy atom. The molecule has 7 heteroatoms. The minimum atomic E-state index is -0.619. The van der Waals surface area contributed by atoms with Gasteiger partial charge in [0.25, 0.3) is 5.91 Å². The van der Waals surface area contributed by atoms with Gasteiger partial charge in [-0.3, -0.25) is 15.4 Å². The summed E-state index contributed by atoms with van der Waals surface area (Å²) in [7, 11) is 0. The van der Waals surface area contributed by atoms with Crippen LogP contribution in [0.25, 0.3) is 0 Å². The van der Waals surface area contributed by atoms with Gasteiger partial charge in [-0.1, -0.05) is 18.2 Å². The number of imide groups is 1. The maximum absolute atomic E-state index is 11.8. The fourth-order valence-electron chi connectivity index (χ4n) is 1.41. The Hall–Kier alpha value is -1.48. The summed E-state index contributed by atoms with van der Waals surface area (Å²) in [6, 6.07) is 9.70. The third-order valence-electron chi connectivity index (χ3n) is 2.30. The number of halogens is 2. The van der Waals surface area contributed by atoms with Crippen molar-refractivity contribution in [3.05, 3.63) is 56.2 Å². The van der Waals surface area contributed by atoms with Gasteiger partial charge >= 0.3 is 6.03 Å². The van der Waals surface area contributed by atoms with Crippen molar-refractivity contribution >= 4 is 56.3 Å². The summed E-state index contributed by atoms with van der Waals surface area (Å²) in [5.74, 6) is -0.0672. The van der Waals surface area contributed by atoms with Gasteiger partial charge in [0.05, 0.1) is 3.57 Å². The van der Waals surface area contributed by atoms with Crippen molar-refractivity contribution in [1.82, 2.24) is 10.3 Å². The van der Waals surface area contributed by atoms with Crippen LogP contribution in [0.3, 0.4) is 0 Å². The first kappa shape index (κ1) is 14.9. The third-order valence-corrected chi connectivity index (χ3v) is 3.56. The highest BCUT2D eigenvalue weighted by Crippen LogP contribution is 2.19. The molecule has 0 radical (unpaired) electrons. The van der Waals surface area contributed by atoms with Gasteiger partial charge < -0.3 is 0 Å². The lowest BCUT2D eigenvalue weighted by atomic mass is 10.2. The maximum atomic E-state index is 11.8. The summed E-state index contributed by atoms with van der Waals surface area (Å²) in [5.41, 5.74) is 0.418. The predicted molar refractivity (Wildman–Crippen MR) is 87.6 cm³/mol. The summed E-state index contributed by atoms with van der Waals surface area (Å²) in [4.78, 5) is 27.6. The van der Waals surface area contributed by atoms with Crippen molar-refractivity contribution in [2.45, 2.75) is 0 Å². The Morgan fingerprint density at radius 1 is 1.20 bits per heavy atom. The van der Waals surface area contributed by atoms with Crippen LogP contribution in [0.5, 0.6) is 0 Å². The molecule has 0 saturated carbocycles. The molecule has 0 aliphatic rings. The number of hydrogen-bond donors (Lipinski definition) is 2. The number of aromatic nitrogens is 1. The zero-order valence-corrected chi connectivity index (χ0v) is 13.8. The number of anilines is 1. The Morgan fingerprint density at radius 3 is 2.55 bits per heavy atom. The molecule has 1 aromatic heterocycles. The Balaban J connectivity index is 2.01. The van der Waals surface area contributed by atoms with Crippen molar-refractivity contribution in [2.75, 3.05) is 5.32 Å². The Kier molecular flexibility index (Phi) is 5.07. The lowest BCUT2D eigenvalue weighted by Crippen LogP contribution is -2.34. The third kappa shape index (κ3) is 4.01. The van der Waals surface area contributed by atoms with Crippen molar-refractivity contribution in [3.63, 3.8) is 0 Å². The molecular formula is C13H9BrIN3O2. The van der Waals surface area contributed by atoms with E-state index in [2.05, 4.69) is 31.5 Å². The van der Waals surface area contributed by atoms with E-state index < -0.39 is 11.9 Å². The molecule has 102 valence electrons. The zero-order chi connectivity index (χ0) is 14.5. The molecule has 0 aliphatic carbocycles. The number of amides is 3. The molecule has 1 aromatic carbocycles. The van der Waals surface area contributed by atoms with E-state index in [1.54, 1.807) is 36.5 Å². The van der Waals surface area contributed by atoms with Crippen LogP contribution < -0.4 is 10.6 Å². The molecule has 2 rings (SSSR count). The van der Waals surface area contributed by atoms with Crippen LogP contribution in [0.2, 0.25) is 0 Å². The van der Waals surface area contributed by atoms with Crippen LogP contribution in [0.15, 0.2) is 47.1 Å². The number of carbonyl (C=O) groups excluding carboxylic acids is 2. The maximum Gasteiger partial charge on any atom is 0.327 e. The fraction of sp³-hybridized carbons (Fsp3) is 0. The van der Waals surface area contributed by atoms with Crippen LogP contribution in [0, 0.1) is 3.57 Å². The first-order chi connectivity index (χ1) is 9.56. The molecular weight excluding hydrogens is 437 g/mol. The number of urea groups is 1.